The third kappa shape index (κ3) is 3.00. The molecule has 0 atom stereocenters. The molecule has 0 aliphatic carbocycles. The zero-order valence-corrected chi connectivity index (χ0v) is 7.97. The van der Waals surface area contributed by atoms with Gasteiger partial charge in [-0.2, -0.15) is 5.10 Å². The Morgan fingerprint density at radius 3 is 3.00 bits per heavy atom. The van der Waals surface area contributed by atoms with E-state index in [-0.39, 0.29) is 0 Å². The predicted molar refractivity (Wildman–Crippen MR) is 53.0 cm³/mol. The van der Waals surface area contributed by atoms with Crippen LogP contribution < -0.4 is 5.73 Å². The van der Waals surface area contributed by atoms with E-state index in [1.54, 1.807) is 0 Å². The Morgan fingerprint density at radius 1 is 1.75 bits per heavy atom. The Hall–Kier alpha value is -0.900. The summed E-state index contributed by atoms with van der Waals surface area (Å²) in [5, 5.41) is 4.24. The number of hydrogen-bond donors (Lipinski definition) is 1. The van der Waals surface area contributed by atoms with Gasteiger partial charge in [-0.25, -0.2) is 0 Å². The highest BCUT2D eigenvalue weighted by Gasteiger charge is 1.94. The van der Waals surface area contributed by atoms with Gasteiger partial charge in [-0.1, -0.05) is 12.2 Å². The molecule has 1 rings (SSSR count). The lowest BCUT2D eigenvalue weighted by atomic mass is 10.3. The van der Waals surface area contributed by atoms with Crippen molar-refractivity contribution in [2.24, 2.45) is 5.73 Å². The van der Waals surface area contributed by atoms with Gasteiger partial charge in [0, 0.05) is 12.7 Å². The van der Waals surface area contributed by atoms with Crippen molar-refractivity contribution in [1.29, 1.82) is 0 Å². The summed E-state index contributed by atoms with van der Waals surface area (Å²) in [5.41, 5.74) is 6.41. The van der Waals surface area contributed by atoms with Crippen molar-refractivity contribution in [3.63, 3.8) is 0 Å². The number of nitrogens with zero attached hydrogens (tertiary/aromatic N) is 2. The van der Waals surface area contributed by atoms with Gasteiger partial charge in [0.05, 0.1) is 10.7 Å². The molecule has 66 valence electrons. The highest BCUT2D eigenvalue weighted by Crippen LogP contribution is 1.97. The molecule has 1 aromatic rings. The highest BCUT2D eigenvalue weighted by atomic mass is 32.1. The number of nitrogens with two attached hydrogens (primary N) is 1. The summed E-state index contributed by atoms with van der Waals surface area (Å²) >= 11 is 4.76. The summed E-state index contributed by atoms with van der Waals surface area (Å²) in [6.45, 7) is 2.87. The first kappa shape index (κ1) is 9.19. The van der Waals surface area contributed by atoms with Crippen LogP contribution in [0.15, 0.2) is 12.3 Å². The van der Waals surface area contributed by atoms with Gasteiger partial charge < -0.3 is 5.73 Å². The van der Waals surface area contributed by atoms with Gasteiger partial charge >= 0.3 is 0 Å². The molecule has 0 bridgehead atoms. The second-order valence-electron chi connectivity index (χ2n) is 2.79. The topological polar surface area (TPSA) is 43.8 Å². The first-order valence-electron chi connectivity index (χ1n) is 3.97. The number of thiocarbonyl (C=S) groups is 1. The van der Waals surface area contributed by atoms with Crippen LogP contribution in [0.4, 0.5) is 0 Å². The van der Waals surface area contributed by atoms with Crippen LogP contribution in [0.5, 0.6) is 0 Å². The van der Waals surface area contributed by atoms with Crippen molar-refractivity contribution < 1.29 is 0 Å². The van der Waals surface area contributed by atoms with E-state index in [9.17, 15) is 0 Å². The van der Waals surface area contributed by atoms with Gasteiger partial charge in [0.25, 0.3) is 0 Å². The van der Waals surface area contributed by atoms with Gasteiger partial charge in [0.2, 0.25) is 0 Å². The van der Waals surface area contributed by atoms with Crippen molar-refractivity contribution in [2.75, 3.05) is 0 Å². The van der Waals surface area contributed by atoms with E-state index in [4.69, 9.17) is 18.0 Å². The largest absolute Gasteiger partial charge is 0.393 e. The molecule has 0 fully saturated rings. The molecule has 0 saturated carbocycles. The van der Waals surface area contributed by atoms with E-state index in [1.807, 2.05) is 23.9 Å². The van der Waals surface area contributed by atoms with Gasteiger partial charge in [-0.3, -0.25) is 4.68 Å². The summed E-state index contributed by atoms with van der Waals surface area (Å²) in [4.78, 5) is 0.582. The summed E-state index contributed by atoms with van der Waals surface area (Å²) in [5.74, 6) is 0. The Morgan fingerprint density at radius 2 is 2.50 bits per heavy atom. The minimum atomic E-state index is 0.582. The fourth-order valence-corrected chi connectivity index (χ4v) is 1.15. The molecule has 0 aliphatic rings. The van der Waals surface area contributed by atoms with Crippen LogP contribution in [0, 0.1) is 6.92 Å². The summed E-state index contributed by atoms with van der Waals surface area (Å²) < 4.78 is 1.91. The quantitative estimate of drug-likeness (QED) is 0.715. The lowest BCUT2D eigenvalue weighted by Gasteiger charge is -1.99. The monoisotopic (exact) mass is 183 g/mol. The minimum absolute atomic E-state index is 0.582. The smallest absolute Gasteiger partial charge is 0.0728 e. The molecule has 1 heterocycles. The van der Waals surface area contributed by atoms with E-state index in [2.05, 4.69) is 5.10 Å². The molecule has 0 radical (unpaired) electrons. The van der Waals surface area contributed by atoms with Gasteiger partial charge in [-0.15, -0.1) is 0 Å². The Kier molecular flexibility index (Phi) is 3.22. The summed E-state index contributed by atoms with van der Waals surface area (Å²) in [6, 6.07) is 1.99. The second kappa shape index (κ2) is 4.21. The maximum Gasteiger partial charge on any atom is 0.0728 e. The molecule has 0 aliphatic heterocycles. The molecule has 2 N–H and O–H groups in total. The van der Waals surface area contributed by atoms with Crippen LogP contribution in [0.2, 0.25) is 0 Å². The zero-order chi connectivity index (χ0) is 8.97. The van der Waals surface area contributed by atoms with Gasteiger partial charge in [-0.05, 0) is 25.8 Å². The number of hydrogen-bond acceptors (Lipinski definition) is 2. The van der Waals surface area contributed by atoms with E-state index in [1.165, 1.54) is 0 Å². The lowest BCUT2D eigenvalue weighted by Crippen LogP contribution is -2.09. The summed E-state index contributed by atoms with van der Waals surface area (Å²) in [6.07, 6.45) is 3.74. The first-order chi connectivity index (χ1) is 5.68. The van der Waals surface area contributed by atoms with Gasteiger partial charge in [0.1, 0.15) is 0 Å². The minimum Gasteiger partial charge on any atom is -0.393 e. The summed E-state index contributed by atoms with van der Waals surface area (Å²) in [7, 11) is 0. The standard InChI is InChI=1S/C8H13N3S/c1-7-4-6-11(10-7)5-2-3-8(9)12/h4,6H,2-3,5H2,1H3,(H2,9,12). The third-order valence-electron chi connectivity index (χ3n) is 1.58. The number of rotatable bonds is 4. The molecule has 3 nitrogen and oxygen atoms in total. The normalized spacial score (nSPS) is 10.1. The van der Waals surface area contributed by atoms with Crippen molar-refractivity contribution in [1.82, 2.24) is 9.78 Å². The van der Waals surface area contributed by atoms with E-state index in [0.29, 0.717) is 4.99 Å². The van der Waals surface area contributed by atoms with Gasteiger partial charge in [0.15, 0.2) is 0 Å². The van der Waals surface area contributed by atoms with E-state index < -0.39 is 0 Å². The lowest BCUT2D eigenvalue weighted by molar-refractivity contribution is 0.586. The van der Waals surface area contributed by atoms with Crippen LogP contribution in [-0.4, -0.2) is 14.8 Å². The van der Waals surface area contributed by atoms with Crippen LogP contribution in [0.3, 0.4) is 0 Å². The fourth-order valence-electron chi connectivity index (χ4n) is 1.00. The SMILES string of the molecule is Cc1ccn(CCCC(N)=S)n1. The molecular formula is C8H13N3S. The second-order valence-corrected chi connectivity index (χ2v) is 3.31. The molecule has 0 unspecified atom stereocenters. The maximum absolute atomic E-state index is 5.36. The Bertz CT molecular complexity index is 267. The average Bonchev–Trinajstić information content (AvgIpc) is 2.35. The molecule has 0 saturated heterocycles. The molecular weight excluding hydrogens is 170 g/mol. The van der Waals surface area contributed by atoms with Crippen LogP contribution in [-0.2, 0) is 6.54 Å². The van der Waals surface area contributed by atoms with Crippen molar-refractivity contribution in [3.8, 4) is 0 Å². The molecule has 4 heteroatoms. The van der Waals surface area contributed by atoms with Crippen molar-refractivity contribution in [2.45, 2.75) is 26.3 Å². The predicted octanol–water partition coefficient (Wildman–Crippen LogP) is 1.26. The molecule has 0 spiro atoms. The molecule has 1 aromatic heterocycles. The molecule has 12 heavy (non-hydrogen) atoms. The maximum atomic E-state index is 5.36. The first-order valence-corrected chi connectivity index (χ1v) is 4.37. The highest BCUT2D eigenvalue weighted by molar-refractivity contribution is 7.80. The van der Waals surface area contributed by atoms with Crippen molar-refractivity contribution >= 4 is 17.2 Å². The Labute approximate surface area is 77.6 Å². The Balaban J connectivity index is 2.29. The third-order valence-corrected chi connectivity index (χ3v) is 1.79. The number of aryl methyl sites for hydroxylation is 2. The zero-order valence-electron chi connectivity index (χ0n) is 7.16. The van der Waals surface area contributed by atoms with Crippen LogP contribution in [0.25, 0.3) is 0 Å². The fraction of sp³-hybridized carbons (Fsp3) is 0.500. The molecule has 0 aromatic carbocycles. The number of aromatic nitrogens is 2. The van der Waals surface area contributed by atoms with Crippen molar-refractivity contribution in [3.05, 3.63) is 18.0 Å². The van der Waals surface area contributed by atoms with Crippen LogP contribution >= 0.6 is 12.2 Å². The average molecular weight is 183 g/mol. The van der Waals surface area contributed by atoms with E-state index in [0.717, 1.165) is 25.1 Å². The molecule has 0 amide bonds. The van der Waals surface area contributed by atoms with E-state index >= 15 is 0 Å². The van der Waals surface area contributed by atoms with Crippen LogP contribution in [0.1, 0.15) is 18.5 Å².